The lowest BCUT2D eigenvalue weighted by atomic mass is 10.0. The van der Waals surface area contributed by atoms with Crippen molar-refractivity contribution in [1.29, 1.82) is 0 Å². The summed E-state index contributed by atoms with van der Waals surface area (Å²) in [5.41, 5.74) is 0. The van der Waals surface area contributed by atoms with E-state index in [1.54, 1.807) is 0 Å². The molecule has 154 valence electrons. The Kier molecular flexibility index (Phi) is 7.49. The third kappa shape index (κ3) is 7.28. The summed E-state index contributed by atoms with van der Waals surface area (Å²) < 4.78 is 73.2. The lowest BCUT2D eigenvalue weighted by Gasteiger charge is -2.35. The Balaban J connectivity index is 2.02. The van der Waals surface area contributed by atoms with Gasteiger partial charge in [0.15, 0.2) is 0 Å². The predicted molar refractivity (Wildman–Crippen MR) is 93.9 cm³/mol. The summed E-state index contributed by atoms with van der Waals surface area (Å²) in [7, 11) is -3.83. The first-order chi connectivity index (χ1) is 12.6. The third-order valence-electron chi connectivity index (χ3n) is 4.18. The van der Waals surface area contributed by atoms with Crippen LogP contribution >= 0.6 is 0 Å². The summed E-state index contributed by atoms with van der Waals surface area (Å²) in [4.78, 5) is 2.09. The van der Waals surface area contributed by atoms with Crippen molar-refractivity contribution >= 4 is 10.0 Å². The Labute approximate surface area is 157 Å². The minimum atomic E-state index is -4.82. The van der Waals surface area contributed by atoms with E-state index in [-0.39, 0.29) is 17.5 Å². The van der Waals surface area contributed by atoms with Crippen LogP contribution in [0.3, 0.4) is 0 Å². The highest BCUT2D eigenvalue weighted by atomic mass is 32.2. The Hall–Kier alpha value is -1.36. The molecule has 1 aliphatic rings. The molecule has 1 aromatic carbocycles. The van der Waals surface area contributed by atoms with Gasteiger partial charge in [-0.3, -0.25) is 4.90 Å². The monoisotopic (exact) mass is 410 g/mol. The molecule has 27 heavy (non-hydrogen) atoms. The number of rotatable bonds is 8. The summed E-state index contributed by atoms with van der Waals surface area (Å²) in [6.45, 7) is 7.07. The molecule has 1 atom stereocenters. The molecule has 1 saturated heterocycles. The minimum Gasteiger partial charge on any atom is -0.406 e. The van der Waals surface area contributed by atoms with Gasteiger partial charge in [0, 0.05) is 25.7 Å². The van der Waals surface area contributed by atoms with E-state index in [0.717, 1.165) is 43.8 Å². The molecule has 2 rings (SSSR count). The highest BCUT2D eigenvalue weighted by Crippen LogP contribution is 2.24. The zero-order valence-electron chi connectivity index (χ0n) is 15.3. The fourth-order valence-corrected chi connectivity index (χ4v) is 4.03. The highest BCUT2D eigenvalue weighted by Gasteiger charge is 2.31. The maximum absolute atomic E-state index is 12.5. The number of nitrogens with one attached hydrogen (secondary N) is 1. The van der Waals surface area contributed by atoms with Gasteiger partial charge in [0.05, 0.1) is 18.1 Å². The van der Waals surface area contributed by atoms with Crippen molar-refractivity contribution in [3.05, 3.63) is 24.3 Å². The van der Waals surface area contributed by atoms with Crippen molar-refractivity contribution in [3.63, 3.8) is 0 Å². The maximum Gasteiger partial charge on any atom is 0.573 e. The number of hydrogen-bond donors (Lipinski definition) is 1. The Morgan fingerprint density at radius 2 is 1.78 bits per heavy atom. The van der Waals surface area contributed by atoms with Crippen molar-refractivity contribution < 1.29 is 31.1 Å². The number of morpholine rings is 1. The van der Waals surface area contributed by atoms with Gasteiger partial charge >= 0.3 is 6.36 Å². The van der Waals surface area contributed by atoms with E-state index in [2.05, 4.69) is 28.2 Å². The Morgan fingerprint density at radius 1 is 1.19 bits per heavy atom. The molecule has 1 N–H and O–H groups in total. The van der Waals surface area contributed by atoms with Crippen molar-refractivity contribution in [2.45, 2.75) is 37.6 Å². The lowest BCUT2D eigenvalue weighted by molar-refractivity contribution is -0.274. The van der Waals surface area contributed by atoms with E-state index in [0.29, 0.717) is 19.1 Å². The van der Waals surface area contributed by atoms with Gasteiger partial charge in [-0.1, -0.05) is 13.8 Å². The number of alkyl halides is 3. The van der Waals surface area contributed by atoms with E-state index in [1.165, 1.54) is 0 Å². The third-order valence-corrected chi connectivity index (χ3v) is 5.62. The SMILES string of the molecule is CC(C)CC(CNS(=O)(=O)c1ccc(OC(F)(F)F)cc1)N1CCOCC1. The average molecular weight is 410 g/mol. The second-order valence-corrected chi connectivity index (χ2v) is 8.57. The number of ether oxygens (including phenoxy) is 2. The fourth-order valence-electron chi connectivity index (χ4n) is 2.96. The molecule has 0 aromatic heterocycles. The molecule has 1 aliphatic heterocycles. The van der Waals surface area contributed by atoms with Crippen molar-refractivity contribution in [1.82, 2.24) is 9.62 Å². The Morgan fingerprint density at radius 3 is 2.30 bits per heavy atom. The standard InChI is InChI=1S/C17H25F3N2O4S/c1-13(2)11-14(22-7-9-25-10-8-22)12-21-27(23,24)16-5-3-15(4-6-16)26-17(18,19)20/h3-6,13-14,21H,7-12H2,1-2H3. The van der Waals surface area contributed by atoms with Crippen molar-refractivity contribution in [2.24, 2.45) is 5.92 Å². The van der Waals surface area contributed by atoms with E-state index < -0.39 is 22.1 Å². The molecule has 0 saturated carbocycles. The van der Waals surface area contributed by atoms with Gasteiger partial charge in [-0.15, -0.1) is 13.2 Å². The highest BCUT2D eigenvalue weighted by molar-refractivity contribution is 7.89. The van der Waals surface area contributed by atoms with Crippen LogP contribution in [0.25, 0.3) is 0 Å². The number of halogens is 3. The molecular weight excluding hydrogens is 385 g/mol. The molecule has 0 bridgehead atoms. The molecule has 0 radical (unpaired) electrons. The van der Waals surface area contributed by atoms with E-state index in [9.17, 15) is 21.6 Å². The topological polar surface area (TPSA) is 67.9 Å². The molecule has 0 aliphatic carbocycles. The lowest BCUT2D eigenvalue weighted by Crippen LogP contribution is -2.49. The second-order valence-electron chi connectivity index (χ2n) is 6.80. The quantitative estimate of drug-likeness (QED) is 0.714. The molecule has 6 nitrogen and oxygen atoms in total. The summed E-state index contributed by atoms with van der Waals surface area (Å²) in [6, 6.07) is 4.17. The van der Waals surface area contributed by atoms with Crippen LogP contribution in [0, 0.1) is 5.92 Å². The molecule has 1 aromatic rings. The van der Waals surface area contributed by atoms with E-state index in [1.807, 2.05) is 0 Å². The molecule has 1 fully saturated rings. The van der Waals surface area contributed by atoms with Crippen LogP contribution in [0.1, 0.15) is 20.3 Å². The molecule has 10 heteroatoms. The summed E-state index contributed by atoms with van der Waals surface area (Å²) in [5, 5.41) is 0. The van der Waals surface area contributed by atoms with Gasteiger partial charge in [-0.2, -0.15) is 0 Å². The van der Waals surface area contributed by atoms with Gasteiger partial charge in [0.1, 0.15) is 5.75 Å². The van der Waals surface area contributed by atoms with Crippen LogP contribution in [0.4, 0.5) is 13.2 Å². The van der Waals surface area contributed by atoms with Gasteiger partial charge < -0.3 is 9.47 Å². The van der Waals surface area contributed by atoms with Gasteiger partial charge in [0.25, 0.3) is 0 Å². The van der Waals surface area contributed by atoms with Crippen LogP contribution < -0.4 is 9.46 Å². The van der Waals surface area contributed by atoms with Gasteiger partial charge in [-0.25, -0.2) is 13.1 Å². The first-order valence-corrected chi connectivity index (χ1v) is 10.2. The van der Waals surface area contributed by atoms with Crippen molar-refractivity contribution in [3.8, 4) is 5.75 Å². The maximum atomic E-state index is 12.5. The normalized spacial score (nSPS) is 17.9. The average Bonchev–Trinajstić information content (AvgIpc) is 2.58. The predicted octanol–water partition coefficient (Wildman–Crippen LogP) is 2.61. The first kappa shape index (κ1) is 21.9. The van der Waals surface area contributed by atoms with E-state index in [4.69, 9.17) is 4.74 Å². The molecule has 0 amide bonds. The summed E-state index contributed by atoms with van der Waals surface area (Å²) >= 11 is 0. The fraction of sp³-hybridized carbons (Fsp3) is 0.647. The van der Waals surface area contributed by atoms with Crippen molar-refractivity contribution in [2.75, 3.05) is 32.8 Å². The second kappa shape index (κ2) is 9.22. The number of sulfonamides is 1. The van der Waals surface area contributed by atoms with E-state index >= 15 is 0 Å². The first-order valence-electron chi connectivity index (χ1n) is 8.74. The number of benzene rings is 1. The minimum absolute atomic E-state index is 0.0245. The molecule has 0 spiro atoms. The molecule has 1 heterocycles. The van der Waals surface area contributed by atoms with Crippen LogP contribution in [0.2, 0.25) is 0 Å². The largest absolute Gasteiger partial charge is 0.573 e. The Bertz CT molecular complexity index is 687. The van der Waals surface area contributed by atoms with Gasteiger partial charge in [0.2, 0.25) is 10.0 Å². The van der Waals surface area contributed by atoms with Crippen LogP contribution in [0.5, 0.6) is 5.75 Å². The zero-order valence-corrected chi connectivity index (χ0v) is 16.1. The van der Waals surface area contributed by atoms with Crippen LogP contribution in [-0.4, -0.2) is 58.6 Å². The molecular formula is C17H25F3N2O4S. The summed E-state index contributed by atoms with van der Waals surface area (Å²) in [5.74, 6) is -0.0754. The number of hydrogen-bond acceptors (Lipinski definition) is 5. The summed E-state index contributed by atoms with van der Waals surface area (Å²) in [6.07, 6.45) is -4.00. The zero-order chi connectivity index (χ0) is 20.1. The number of nitrogens with zero attached hydrogens (tertiary/aromatic N) is 1. The van der Waals surface area contributed by atoms with Crippen LogP contribution in [-0.2, 0) is 14.8 Å². The smallest absolute Gasteiger partial charge is 0.406 e. The van der Waals surface area contributed by atoms with Crippen LogP contribution in [0.15, 0.2) is 29.2 Å². The molecule has 1 unspecified atom stereocenters. The van der Waals surface area contributed by atoms with Gasteiger partial charge in [-0.05, 0) is 36.6 Å².